The van der Waals surface area contributed by atoms with Crippen molar-refractivity contribution in [3.63, 3.8) is 0 Å². The zero-order valence-corrected chi connectivity index (χ0v) is 11.8. The molecule has 0 amide bonds. The summed E-state index contributed by atoms with van der Waals surface area (Å²) in [4.78, 5) is 0. The van der Waals surface area contributed by atoms with E-state index < -0.39 is 0 Å². The molecule has 1 heterocycles. The van der Waals surface area contributed by atoms with Gasteiger partial charge >= 0.3 is 0 Å². The number of benzene rings is 1. The van der Waals surface area contributed by atoms with Gasteiger partial charge in [-0.1, -0.05) is 44.9 Å². The lowest BCUT2D eigenvalue weighted by Crippen LogP contribution is -2.14. The van der Waals surface area contributed by atoms with Crippen molar-refractivity contribution in [1.82, 2.24) is 9.78 Å². The van der Waals surface area contributed by atoms with Crippen LogP contribution in [0.3, 0.4) is 0 Å². The van der Waals surface area contributed by atoms with E-state index in [0.717, 1.165) is 19.0 Å². The number of hydrogen-bond donors (Lipinski definition) is 1. The fourth-order valence-electron chi connectivity index (χ4n) is 2.23. The summed E-state index contributed by atoms with van der Waals surface area (Å²) >= 11 is 0. The molecule has 0 aliphatic heterocycles. The quantitative estimate of drug-likeness (QED) is 0.818. The topological polar surface area (TPSA) is 29.9 Å². The molecule has 1 N–H and O–H groups in total. The predicted octanol–water partition coefficient (Wildman–Crippen LogP) is 3.78. The van der Waals surface area contributed by atoms with Gasteiger partial charge in [-0.25, -0.2) is 0 Å². The zero-order valence-electron chi connectivity index (χ0n) is 11.8. The highest BCUT2D eigenvalue weighted by molar-refractivity contribution is 5.51. The molecule has 0 fully saturated rings. The summed E-state index contributed by atoms with van der Waals surface area (Å²) in [6.45, 7) is 6.37. The molecular formula is C16H23N3. The summed E-state index contributed by atoms with van der Waals surface area (Å²) in [5.41, 5.74) is 2.52. The number of nitrogens with zero attached hydrogens (tertiary/aromatic N) is 2. The SMILES string of the molecule is CCC(CC)CNc1ccccc1Cn1cccn1. The Morgan fingerprint density at radius 2 is 1.95 bits per heavy atom. The Labute approximate surface area is 115 Å². The van der Waals surface area contributed by atoms with E-state index in [2.05, 4.69) is 48.5 Å². The second-order valence-corrected chi connectivity index (χ2v) is 4.92. The van der Waals surface area contributed by atoms with Gasteiger partial charge in [0.05, 0.1) is 6.54 Å². The first-order chi connectivity index (χ1) is 9.33. The number of rotatable bonds is 7. The average Bonchev–Trinajstić information content (AvgIpc) is 2.94. The van der Waals surface area contributed by atoms with Crippen LogP contribution in [0.4, 0.5) is 5.69 Å². The van der Waals surface area contributed by atoms with Crippen LogP contribution in [0.25, 0.3) is 0 Å². The van der Waals surface area contributed by atoms with Gasteiger partial charge in [0.1, 0.15) is 0 Å². The maximum Gasteiger partial charge on any atom is 0.0679 e. The Morgan fingerprint density at radius 1 is 1.16 bits per heavy atom. The van der Waals surface area contributed by atoms with Crippen LogP contribution < -0.4 is 5.32 Å². The molecule has 102 valence electrons. The van der Waals surface area contributed by atoms with E-state index in [0.29, 0.717) is 0 Å². The molecule has 0 saturated heterocycles. The average molecular weight is 257 g/mol. The molecule has 3 nitrogen and oxygen atoms in total. The van der Waals surface area contributed by atoms with Crippen molar-refractivity contribution in [2.45, 2.75) is 33.2 Å². The van der Waals surface area contributed by atoms with Gasteiger partial charge in [0, 0.05) is 24.6 Å². The normalized spacial score (nSPS) is 10.9. The monoisotopic (exact) mass is 257 g/mol. The molecule has 0 aliphatic carbocycles. The van der Waals surface area contributed by atoms with Crippen LogP contribution in [0, 0.1) is 5.92 Å². The Kier molecular flexibility index (Phi) is 5.01. The lowest BCUT2D eigenvalue weighted by atomic mass is 10.0. The first-order valence-corrected chi connectivity index (χ1v) is 7.12. The molecule has 0 bridgehead atoms. The lowest BCUT2D eigenvalue weighted by Gasteiger charge is -2.17. The maximum absolute atomic E-state index is 4.27. The van der Waals surface area contributed by atoms with E-state index in [1.54, 1.807) is 0 Å². The van der Waals surface area contributed by atoms with Crippen molar-refractivity contribution >= 4 is 5.69 Å². The molecular weight excluding hydrogens is 234 g/mol. The second kappa shape index (κ2) is 6.98. The summed E-state index contributed by atoms with van der Waals surface area (Å²) in [5, 5.41) is 7.86. The minimum Gasteiger partial charge on any atom is -0.384 e. The standard InChI is InChI=1S/C16H23N3/c1-3-14(4-2)12-17-16-9-6-5-8-15(16)13-19-11-7-10-18-19/h5-11,14,17H,3-4,12-13H2,1-2H3. The van der Waals surface area contributed by atoms with Crippen molar-refractivity contribution in [1.29, 1.82) is 0 Å². The molecule has 0 saturated carbocycles. The van der Waals surface area contributed by atoms with Crippen LogP contribution in [0.2, 0.25) is 0 Å². The Bertz CT molecular complexity index is 472. The molecule has 1 aromatic heterocycles. The number of para-hydroxylation sites is 1. The van der Waals surface area contributed by atoms with Gasteiger partial charge in [0.25, 0.3) is 0 Å². The van der Waals surface area contributed by atoms with Gasteiger partial charge in [-0.15, -0.1) is 0 Å². The van der Waals surface area contributed by atoms with E-state index in [9.17, 15) is 0 Å². The molecule has 1 aromatic carbocycles. The molecule has 0 spiro atoms. The Morgan fingerprint density at radius 3 is 2.63 bits per heavy atom. The Balaban J connectivity index is 2.03. The van der Waals surface area contributed by atoms with Crippen LogP contribution >= 0.6 is 0 Å². The van der Waals surface area contributed by atoms with Crippen LogP contribution in [-0.2, 0) is 6.54 Å². The van der Waals surface area contributed by atoms with Gasteiger partial charge in [-0.05, 0) is 23.6 Å². The van der Waals surface area contributed by atoms with E-state index in [1.807, 2.05) is 23.1 Å². The first-order valence-electron chi connectivity index (χ1n) is 7.12. The van der Waals surface area contributed by atoms with Gasteiger partial charge in [0.15, 0.2) is 0 Å². The minimum atomic E-state index is 0.748. The predicted molar refractivity (Wildman–Crippen MR) is 80.3 cm³/mol. The zero-order chi connectivity index (χ0) is 13.5. The third kappa shape index (κ3) is 3.85. The van der Waals surface area contributed by atoms with Crippen LogP contribution in [0.1, 0.15) is 32.3 Å². The number of hydrogen-bond acceptors (Lipinski definition) is 2. The first kappa shape index (κ1) is 13.7. The molecule has 3 heteroatoms. The molecule has 0 radical (unpaired) electrons. The number of anilines is 1. The fourth-order valence-corrected chi connectivity index (χ4v) is 2.23. The third-order valence-electron chi connectivity index (χ3n) is 3.64. The molecule has 2 rings (SSSR count). The minimum absolute atomic E-state index is 0.748. The molecule has 2 aromatic rings. The fraction of sp³-hybridized carbons (Fsp3) is 0.438. The largest absolute Gasteiger partial charge is 0.384 e. The summed E-state index contributed by atoms with van der Waals surface area (Å²) in [5.74, 6) is 0.748. The summed E-state index contributed by atoms with van der Waals surface area (Å²) in [6, 6.07) is 10.4. The van der Waals surface area contributed by atoms with Crippen molar-refractivity contribution in [2.75, 3.05) is 11.9 Å². The maximum atomic E-state index is 4.27. The van der Waals surface area contributed by atoms with E-state index in [1.165, 1.54) is 24.1 Å². The number of nitrogens with one attached hydrogen (secondary N) is 1. The van der Waals surface area contributed by atoms with Crippen molar-refractivity contribution in [3.8, 4) is 0 Å². The number of aromatic nitrogens is 2. The van der Waals surface area contributed by atoms with Gasteiger partial charge in [0.2, 0.25) is 0 Å². The van der Waals surface area contributed by atoms with E-state index in [-0.39, 0.29) is 0 Å². The van der Waals surface area contributed by atoms with Gasteiger partial charge in [-0.2, -0.15) is 5.10 Å². The smallest absolute Gasteiger partial charge is 0.0679 e. The van der Waals surface area contributed by atoms with Gasteiger partial charge < -0.3 is 5.32 Å². The van der Waals surface area contributed by atoms with Crippen molar-refractivity contribution < 1.29 is 0 Å². The van der Waals surface area contributed by atoms with E-state index in [4.69, 9.17) is 0 Å². The third-order valence-corrected chi connectivity index (χ3v) is 3.64. The van der Waals surface area contributed by atoms with E-state index >= 15 is 0 Å². The van der Waals surface area contributed by atoms with Crippen molar-refractivity contribution in [2.24, 2.45) is 5.92 Å². The van der Waals surface area contributed by atoms with Crippen LogP contribution in [0.5, 0.6) is 0 Å². The summed E-state index contributed by atoms with van der Waals surface area (Å²) < 4.78 is 1.96. The molecule has 0 aliphatic rings. The van der Waals surface area contributed by atoms with Crippen LogP contribution in [-0.4, -0.2) is 16.3 Å². The Hall–Kier alpha value is -1.77. The van der Waals surface area contributed by atoms with Gasteiger partial charge in [-0.3, -0.25) is 4.68 Å². The highest BCUT2D eigenvalue weighted by atomic mass is 15.3. The van der Waals surface area contributed by atoms with Crippen LogP contribution in [0.15, 0.2) is 42.7 Å². The second-order valence-electron chi connectivity index (χ2n) is 4.92. The summed E-state index contributed by atoms with van der Waals surface area (Å²) in [7, 11) is 0. The van der Waals surface area contributed by atoms with Crippen molar-refractivity contribution in [3.05, 3.63) is 48.3 Å². The molecule has 0 atom stereocenters. The lowest BCUT2D eigenvalue weighted by molar-refractivity contribution is 0.519. The molecule has 0 unspecified atom stereocenters. The highest BCUT2D eigenvalue weighted by Gasteiger charge is 2.06. The summed E-state index contributed by atoms with van der Waals surface area (Å²) in [6.07, 6.45) is 6.27. The molecule has 19 heavy (non-hydrogen) atoms. The highest BCUT2D eigenvalue weighted by Crippen LogP contribution is 2.18.